The number of carbonyl (C=O) groups excluding carboxylic acids is 3. The summed E-state index contributed by atoms with van der Waals surface area (Å²) in [5.74, 6) is -1.70. The van der Waals surface area contributed by atoms with Crippen molar-refractivity contribution >= 4 is 35.2 Å². The number of rotatable bonds is 9. The Morgan fingerprint density at radius 1 is 1.28 bits per heavy atom. The van der Waals surface area contributed by atoms with Crippen molar-refractivity contribution in [3.8, 4) is 0 Å². The van der Waals surface area contributed by atoms with Crippen LogP contribution in [0.5, 0.6) is 0 Å². The van der Waals surface area contributed by atoms with E-state index in [-0.39, 0.29) is 18.2 Å². The molecule has 0 saturated carbocycles. The lowest BCUT2D eigenvalue weighted by atomic mass is 10.3. The van der Waals surface area contributed by atoms with Gasteiger partial charge in [0.05, 0.1) is 5.75 Å². The highest BCUT2D eigenvalue weighted by atomic mass is 32.2. The number of anilines is 1. The summed E-state index contributed by atoms with van der Waals surface area (Å²) < 4.78 is 17.9. The molecule has 0 aliphatic heterocycles. The Labute approximate surface area is 150 Å². The van der Waals surface area contributed by atoms with E-state index in [0.29, 0.717) is 5.69 Å². The first kappa shape index (κ1) is 20.7. The zero-order valence-corrected chi connectivity index (χ0v) is 14.9. The maximum Gasteiger partial charge on any atom is 0.319 e. The molecule has 0 spiro atoms. The molecule has 8 heteroatoms. The monoisotopic (exact) mass is 368 g/mol. The van der Waals surface area contributed by atoms with Crippen LogP contribution in [0.15, 0.2) is 36.9 Å². The molecule has 6 nitrogen and oxygen atoms in total. The van der Waals surface area contributed by atoms with Crippen molar-refractivity contribution in [2.75, 3.05) is 17.6 Å². The van der Waals surface area contributed by atoms with Gasteiger partial charge in [0, 0.05) is 12.2 Å². The first-order valence-electron chi connectivity index (χ1n) is 7.59. The van der Waals surface area contributed by atoms with Crippen LogP contribution in [0.25, 0.3) is 0 Å². The van der Waals surface area contributed by atoms with Gasteiger partial charge in [-0.15, -0.1) is 18.3 Å². The number of halogens is 1. The van der Waals surface area contributed by atoms with Gasteiger partial charge < -0.3 is 15.4 Å². The van der Waals surface area contributed by atoms with Crippen molar-refractivity contribution < 1.29 is 23.5 Å². The van der Waals surface area contributed by atoms with Gasteiger partial charge in [0.2, 0.25) is 5.91 Å². The number of nitrogens with one attached hydrogen (secondary N) is 2. The van der Waals surface area contributed by atoms with Gasteiger partial charge in [0.1, 0.15) is 11.1 Å². The molecule has 0 bridgehead atoms. The van der Waals surface area contributed by atoms with Crippen LogP contribution >= 0.6 is 11.8 Å². The minimum atomic E-state index is -0.927. The Hall–Kier alpha value is -2.35. The summed E-state index contributed by atoms with van der Waals surface area (Å²) >= 11 is 1.08. The topological polar surface area (TPSA) is 84.5 Å². The van der Waals surface area contributed by atoms with Gasteiger partial charge >= 0.3 is 5.97 Å². The van der Waals surface area contributed by atoms with E-state index in [1.807, 2.05) is 0 Å². The van der Waals surface area contributed by atoms with E-state index in [4.69, 9.17) is 4.74 Å². The average Bonchev–Trinajstić information content (AvgIpc) is 2.59. The average molecular weight is 368 g/mol. The fraction of sp³-hybridized carbons (Fsp3) is 0.353. The van der Waals surface area contributed by atoms with Crippen LogP contribution in [-0.2, 0) is 19.1 Å². The normalized spacial score (nSPS) is 12.6. The molecule has 2 N–H and O–H groups in total. The van der Waals surface area contributed by atoms with E-state index in [9.17, 15) is 18.8 Å². The fourth-order valence-corrected chi connectivity index (χ4v) is 2.30. The lowest BCUT2D eigenvalue weighted by molar-refractivity contribution is -0.153. The van der Waals surface area contributed by atoms with Crippen molar-refractivity contribution in [1.29, 1.82) is 0 Å². The van der Waals surface area contributed by atoms with Gasteiger partial charge in [-0.2, -0.15) is 0 Å². The highest BCUT2D eigenvalue weighted by Gasteiger charge is 2.22. The van der Waals surface area contributed by atoms with E-state index >= 15 is 0 Å². The number of esters is 1. The lowest BCUT2D eigenvalue weighted by Gasteiger charge is -2.16. The van der Waals surface area contributed by atoms with Crippen molar-refractivity contribution in [2.45, 2.75) is 25.2 Å². The second-order valence-electron chi connectivity index (χ2n) is 5.12. The van der Waals surface area contributed by atoms with Crippen LogP contribution in [0, 0.1) is 5.82 Å². The van der Waals surface area contributed by atoms with Gasteiger partial charge in [-0.25, -0.2) is 4.39 Å². The molecule has 1 aromatic rings. The summed E-state index contributed by atoms with van der Waals surface area (Å²) in [5, 5.41) is 4.50. The van der Waals surface area contributed by atoms with Crippen molar-refractivity contribution in [3.05, 3.63) is 42.7 Å². The third-order valence-corrected chi connectivity index (χ3v) is 4.13. The van der Waals surface area contributed by atoms with Gasteiger partial charge in [-0.05, 0) is 38.1 Å². The maximum atomic E-state index is 12.8. The summed E-state index contributed by atoms with van der Waals surface area (Å²) in [6.45, 7) is 6.82. The summed E-state index contributed by atoms with van der Waals surface area (Å²) in [6.07, 6.45) is 0.591. The predicted octanol–water partition coefficient (Wildman–Crippen LogP) is 2.12. The molecule has 0 heterocycles. The van der Waals surface area contributed by atoms with E-state index in [1.165, 1.54) is 37.3 Å². The maximum absolute atomic E-state index is 12.8. The highest BCUT2D eigenvalue weighted by molar-refractivity contribution is 8.01. The van der Waals surface area contributed by atoms with E-state index in [2.05, 4.69) is 17.2 Å². The molecular formula is C17H21FN2O4S. The standard InChI is InChI=1S/C17H21FN2O4S/c1-4-9-19-16(22)11(2)24-17(23)12(3)25-10-15(21)20-14-7-5-13(18)6-8-14/h4-8,11-12H,1,9-10H2,2-3H3,(H,19,22)(H,20,21)/t11-,12+/m1/s1. The molecule has 0 aromatic heterocycles. The van der Waals surface area contributed by atoms with Crippen LogP contribution < -0.4 is 10.6 Å². The largest absolute Gasteiger partial charge is 0.452 e. The van der Waals surface area contributed by atoms with E-state index < -0.39 is 29.0 Å². The minimum absolute atomic E-state index is 0.0185. The van der Waals surface area contributed by atoms with Crippen molar-refractivity contribution in [2.24, 2.45) is 0 Å². The number of hydrogen-bond donors (Lipinski definition) is 2. The summed E-state index contributed by atoms with van der Waals surface area (Å²) in [4.78, 5) is 35.4. The number of benzene rings is 1. The number of ether oxygens (including phenoxy) is 1. The molecule has 0 aliphatic rings. The van der Waals surface area contributed by atoms with Crippen LogP contribution in [0.2, 0.25) is 0 Å². The third-order valence-electron chi connectivity index (χ3n) is 3.01. The number of amides is 2. The Morgan fingerprint density at radius 2 is 1.92 bits per heavy atom. The number of thioether (sulfide) groups is 1. The number of carbonyl (C=O) groups is 3. The molecule has 1 aromatic carbocycles. The SMILES string of the molecule is C=CCNC(=O)[C@@H](C)OC(=O)[C@H](C)SCC(=O)Nc1ccc(F)cc1. The molecule has 0 aliphatic carbocycles. The zero-order chi connectivity index (χ0) is 18.8. The molecule has 0 saturated heterocycles. The quantitative estimate of drug-likeness (QED) is 0.515. The molecule has 0 unspecified atom stereocenters. The summed E-state index contributed by atoms with van der Waals surface area (Å²) in [6, 6.07) is 5.36. The van der Waals surface area contributed by atoms with E-state index in [1.54, 1.807) is 6.92 Å². The molecule has 0 fully saturated rings. The second kappa shape index (κ2) is 10.5. The molecule has 2 amide bonds. The Balaban J connectivity index is 2.36. The molecule has 2 atom stereocenters. The van der Waals surface area contributed by atoms with E-state index in [0.717, 1.165) is 11.8 Å². The van der Waals surface area contributed by atoms with Crippen LogP contribution in [-0.4, -0.2) is 41.4 Å². The predicted molar refractivity (Wildman–Crippen MR) is 95.7 cm³/mol. The molecule has 25 heavy (non-hydrogen) atoms. The Kier molecular flexibility index (Phi) is 8.69. The minimum Gasteiger partial charge on any atom is -0.452 e. The van der Waals surface area contributed by atoms with Crippen LogP contribution in [0.3, 0.4) is 0 Å². The highest BCUT2D eigenvalue weighted by Crippen LogP contribution is 2.15. The van der Waals surface area contributed by atoms with Crippen molar-refractivity contribution in [1.82, 2.24) is 5.32 Å². The lowest BCUT2D eigenvalue weighted by Crippen LogP contribution is -2.37. The van der Waals surface area contributed by atoms with Gasteiger partial charge in [-0.1, -0.05) is 6.08 Å². The molecule has 1 rings (SSSR count). The first-order chi connectivity index (χ1) is 11.8. The summed E-state index contributed by atoms with van der Waals surface area (Å²) in [7, 11) is 0. The van der Waals surface area contributed by atoms with Gasteiger partial charge in [0.15, 0.2) is 6.10 Å². The third kappa shape index (κ3) is 7.84. The van der Waals surface area contributed by atoms with Gasteiger partial charge in [0.25, 0.3) is 5.91 Å². The Bertz CT molecular complexity index is 622. The molecule has 0 radical (unpaired) electrons. The second-order valence-corrected chi connectivity index (χ2v) is 6.45. The van der Waals surface area contributed by atoms with Crippen LogP contribution in [0.4, 0.5) is 10.1 Å². The Morgan fingerprint density at radius 3 is 2.52 bits per heavy atom. The summed E-state index contributed by atoms with van der Waals surface area (Å²) in [5.41, 5.74) is 0.467. The molecular weight excluding hydrogens is 347 g/mol. The smallest absolute Gasteiger partial charge is 0.319 e. The number of hydrogen-bond acceptors (Lipinski definition) is 5. The fourth-order valence-electron chi connectivity index (χ4n) is 1.64. The van der Waals surface area contributed by atoms with Crippen molar-refractivity contribution in [3.63, 3.8) is 0 Å². The van der Waals surface area contributed by atoms with Crippen LogP contribution in [0.1, 0.15) is 13.8 Å². The first-order valence-corrected chi connectivity index (χ1v) is 8.64. The van der Waals surface area contributed by atoms with Gasteiger partial charge in [-0.3, -0.25) is 14.4 Å². The molecule has 136 valence electrons. The zero-order valence-electron chi connectivity index (χ0n) is 14.1.